The summed E-state index contributed by atoms with van der Waals surface area (Å²) in [6, 6.07) is 1.57. The fourth-order valence-corrected chi connectivity index (χ4v) is 3.10. The lowest BCUT2D eigenvalue weighted by atomic mass is 9.87. The summed E-state index contributed by atoms with van der Waals surface area (Å²) in [6.07, 6.45) is 8.70. The van der Waals surface area contributed by atoms with Crippen LogP contribution in [0, 0.1) is 0 Å². The van der Waals surface area contributed by atoms with Gasteiger partial charge in [0.25, 0.3) is 5.91 Å². The van der Waals surface area contributed by atoms with Gasteiger partial charge in [-0.3, -0.25) is 9.48 Å². The van der Waals surface area contributed by atoms with Crippen molar-refractivity contribution in [2.75, 3.05) is 12.3 Å². The lowest BCUT2D eigenvalue weighted by Crippen LogP contribution is -2.31. The Morgan fingerprint density at radius 2 is 2.07 bits per heavy atom. The third-order valence-corrected chi connectivity index (χ3v) is 4.78. The van der Waals surface area contributed by atoms with Gasteiger partial charge >= 0.3 is 0 Å². The van der Waals surface area contributed by atoms with Crippen molar-refractivity contribution in [3.63, 3.8) is 0 Å². The molecule has 1 amide bonds. The van der Waals surface area contributed by atoms with E-state index in [1.54, 1.807) is 28.6 Å². The van der Waals surface area contributed by atoms with Crippen LogP contribution in [0.2, 0.25) is 0 Å². The average molecular weight is 390 g/mol. The lowest BCUT2D eigenvalue weighted by Gasteiger charge is -2.07. The summed E-state index contributed by atoms with van der Waals surface area (Å²) in [4.78, 5) is 19.3. The van der Waals surface area contributed by atoms with Crippen LogP contribution >= 0.6 is 0 Å². The molecule has 29 heavy (non-hydrogen) atoms. The van der Waals surface area contributed by atoms with E-state index >= 15 is 0 Å². The maximum atomic E-state index is 12.2. The number of amides is 1. The zero-order chi connectivity index (χ0) is 20.8. The highest BCUT2D eigenvalue weighted by Crippen LogP contribution is 2.08. The standard InChI is InChI=1S/C18H24B2N8O/c1-27-15(9-14(19)16(27)20)17(29)22-7-8-28-11-13(25-26-28)6-4-2-3-5-12-10-23-18(21)24-12/h9-11H,2-8H2,1H3,(H,22,29)(H3,21,23,24). The normalized spacial score (nSPS) is 11.1. The number of imidazole rings is 1. The number of anilines is 1. The van der Waals surface area contributed by atoms with Crippen molar-refractivity contribution in [3.05, 3.63) is 35.5 Å². The number of nitrogen functional groups attached to an aromatic ring is 1. The summed E-state index contributed by atoms with van der Waals surface area (Å²) in [5.41, 5.74) is 8.78. The summed E-state index contributed by atoms with van der Waals surface area (Å²) in [6.45, 7) is 0.968. The summed E-state index contributed by atoms with van der Waals surface area (Å²) in [7, 11) is 13.2. The van der Waals surface area contributed by atoms with Crippen molar-refractivity contribution < 1.29 is 4.79 Å². The second-order valence-corrected chi connectivity index (χ2v) is 7.01. The predicted molar refractivity (Wildman–Crippen MR) is 113 cm³/mol. The number of carbonyl (C=O) groups is 1. The van der Waals surface area contributed by atoms with Crippen molar-refractivity contribution in [2.45, 2.75) is 38.6 Å². The van der Waals surface area contributed by atoms with E-state index in [-0.39, 0.29) is 5.91 Å². The van der Waals surface area contributed by atoms with Crippen molar-refractivity contribution >= 4 is 38.6 Å². The molecule has 0 aliphatic rings. The summed E-state index contributed by atoms with van der Waals surface area (Å²) < 4.78 is 3.30. The van der Waals surface area contributed by atoms with E-state index in [9.17, 15) is 4.79 Å². The van der Waals surface area contributed by atoms with Crippen LogP contribution in [0.15, 0.2) is 18.5 Å². The molecule has 0 saturated heterocycles. The monoisotopic (exact) mass is 390 g/mol. The quantitative estimate of drug-likeness (QED) is 0.300. The molecule has 4 N–H and O–H groups in total. The highest BCUT2D eigenvalue weighted by atomic mass is 16.1. The van der Waals surface area contributed by atoms with Crippen molar-refractivity contribution in [3.8, 4) is 0 Å². The Labute approximate surface area is 172 Å². The molecule has 11 heteroatoms. The molecule has 0 saturated carbocycles. The van der Waals surface area contributed by atoms with Gasteiger partial charge in [0, 0.05) is 25.5 Å². The summed E-state index contributed by atoms with van der Waals surface area (Å²) in [5.74, 6) is 0.236. The molecule has 3 aromatic heterocycles. The minimum absolute atomic E-state index is 0.227. The van der Waals surface area contributed by atoms with Crippen molar-refractivity contribution in [1.82, 2.24) is 34.8 Å². The summed E-state index contributed by atoms with van der Waals surface area (Å²) >= 11 is 0. The summed E-state index contributed by atoms with van der Waals surface area (Å²) in [5, 5.41) is 11.1. The van der Waals surface area contributed by atoms with Gasteiger partial charge in [0.2, 0.25) is 0 Å². The number of aromatic amines is 1. The van der Waals surface area contributed by atoms with E-state index in [1.807, 2.05) is 6.20 Å². The SMILES string of the molecule is [B]c1cc(C(=O)NCCn2cc(CCCCCc3cnc(N)[nH]3)nn2)n(C)c1[B]. The fourth-order valence-electron chi connectivity index (χ4n) is 3.10. The van der Waals surface area contributed by atoms with Gasteiger partial charge in [0.05, 0.1) is 18.4 Å². The van der Waals surface area contributed by atoms with Gasteiger partial charge < -0.3 is 20.6 Å². The van der Waals surface area contributed by atoms with Crippen LogP contribution in [0.25, 0.3) is 0 Å². The largest absolute Gasteiger partial charge is 0.369 e. The average Bonchev–Trinajstić information content (AvgIpc) is 3.38. The maximum absolute atomic E-state index is 12.2. The van der Waals surface area contributed by atoms with Crippen LogP contribution < -0.4 is 22.1 Å². The number of hydrogen-bond donors (Lipinski definition) is 3. The predicted octanol–water partition coefficient (Wildman–Crippen LogP) is -1.10. The minimum atomic E-state index is -0.227. The molecule has 0 atom stereocenters. The number of H-pyrrole nitrogens is 1. The van der Waals surface area contributed by atoms with E-state index in [4.69, 9.17) is 21.4 Å². The lowest BCUT2D eigenvalue weighted by molar-refractivity contribution is 0.0944. The van der Waals surface area contributed by atoms with E-state index in [1.165, 1.54) is 0 Å². The van der Waals surface area contributed by atoms with Crippen LogP contribution in [-0.4, -0.2) is 57.7 Å². The first kappa shape index (κ1) is 20.8. The molecular formula is C18H24B2N8O. The highest BCUT2D eigenvalue weighted by Gasteiger charge is 2.12. The number of aromatic nitrogens is 6. The van der Waals surface area contributed by atoms with Crippen LogP contribution in [0.3, 0.4) is 0 Å². The molecule has 148 valence electrons. The van der Waals surface area contributed by atoms with Gasteiger partial charge in [-0.05, 0) is 37.3 Å². The minimum Gasteiger partial charge on any atom is -0.369 e. The Balaban J connectivity index is 1.34. The Bertz CT molecular complexity index is 961. The zero-order valence-corrected chi connectivity index (χ0v) is 16.6. The Hall–Kier alpha value is -2.97. The number of nitrogens with zero attached hydrogens (tertiary/aromatic N) is 5. The van der Waals surface area contributed by atoms with E-state index in [0.29, 0.717) is 35.8 Å². The van der Waals surface area contributed by atoms with E-state index < -0.39 is 0 Å². The molecule has 0 aromatic carbocycles. The van der Waals surface area contributed by atoms with Gasteiger partial charge in [-0.25, -0.2) is 4.98 Å². The number of unbranched alkanes of at least 4 members (excludes halogenated alkanes) is 2. The molecule has 3 heterocycles. The van der Waals surface area contributed by atoms with Gasteiger partial charge in [0.15, 0.2) is 5.95 Å². The molecular weight excluding hydrogens is 366 g/mol. The van der Waals surface area contributed by atoms with E-state index in [2.05, 4.69) is 25.6 Å². The molecule has 4 radical (unpaired) electrons. The molecule has 0 aliphatic carbocycles. The smallest absolute Gasteiger partial charge is 0.267 e. The molecule has 0 bridgehead atoms. The molecule has 3 aromatic rings. The number of nitrogens with two attached hydrogens (primary N) is 1. The van der Waals surface area contributed by atoms with Gasteiger partial charge in [-0.15, -0.1) is 5.10 Å². The Kier molecular flexibility index (Phi) is 6.79. The van der Waals surface area contributed by atoms with Gasteiger partial charge in [-0.2, -0.15) is 0 Å². The molecule has 0 unspecified atom stereocenters. The third kappa shape index (κ3) is 5.52. The third-order valence-electron chi connectivity index (χ3n) is 4.78. The first-order chi connectivity index (χ1) is 13.9. The topological polar surface area (TPSA) is 119 Å². The molecule has 0 fully saturated rings. The molecule has 0 aliphatic heterocycles. The zero-order valence-electron chi connectivity index (χ0n) is 16.6. The number of rotatable bonds is 10. The van der Waals surface area contributed by atoms with Crippen LogP contribution in [0.5, 0.6) is 0 Å². The fraction of sp³-hybridized carbons (Fsp3) is 0.444. The Morgan fingerprint density at radius 3 is 2.76 bits per heavy atom. The maximum Gasteiger partial charge on any atom is 0.267 e. The number of carbonyl (C=O) groups excluding carboxylic acids is 1. The first-order valence-corrected chi connectivity index (χ1v) is 9.61. The molecule has 0 spiro atoms. The number of aryl methyl sites for hydroxylation is 2. The van der Waals surface area contributed by atoms with Gasteiger partial charge in [0.1, 0.15) is 21.4 Å². The van der Waals surface area contributed by atoms with Crippen molar-refractivity contribution in [1.29, 1.82) is 0 Å². The Morgan fingerprint density at radius 1 is 1.28 bits per heavy atom. The number of hydrogen-bond acceptors (Lipinski definition) is 5. The van der Waals surface area contributed by atoms with Crippen LogP contribution in [-0.2, 0) is 26.4 Å². The van der Waals surface area contributed by atoms with Crippen LogP contribution in [0.4, 0.5) is 5.95 Å². The second kappa shape index (κ2) is 9.49. The van der Waals surface area contributed by atoms with Gasteiger partial charge in [-0.1, -0.05) is 17.1 Å². The highest BCUT2D eigenvalue weighted by molar-refractivity contribution is 6.48. The molecule has 3 rings (SSSR count). The first-order valence-electron chi connectivity index (χ1n) is 9.61. The second-order valence-electron chi connectivity index (χ2n) is 7.01. The van der Waals surface area contributed by atoms with Crippen molar-refractivity contribution in [2.24, 2.45) is 7.05 Å². The number of nitrogens with one attached hydrogen (secondary N) is 2. The van der Waals surface area contributed by atoms with E-state index in [0.717, 1.165) is 43.5 Å². The van der Waals surface area contributed by atoms with Crippen LogP contribution in [0.1, 0.15) is 41.1 Å². The molecule has 9 nitrogen and oxygen atoms in total.